The SMILES string of the molecule is CN(Cc1cnn(C)c1)C(=O)c1cnc(SCc2c(F)ccc(F)c2F)n1-c1ccc(F)cc1. The lowest BCUT2D eigenvalue weighted by Gasteiger charge is -2.18. The van der Waals surface area contributed by atoms with Gasteiger partial charge in [0.05, 0.1) is 12.4 Å². The molecule has 0 saturated carbocycles. The van der Waals surface area contributed by atoms with Gasteiger partial charge in [-0.15, -0.1) is 0 Å². The van der Waals surface area contributed by atoms with E-state index in [1.165, 1.54) is 39.9 Å². The highest BCUT2D eigenvalue weighted by Crippen LogP contribution is 2.29. The number of hydrogen-bond donors (Lipinski definition) is 0. The maximum absolute atomic E-state index is 14.1. The Kier molecular flexibility index (Phi) is 6.73. The summed E-state index contributed by atoms with van der Waals surface area (Å²) >= 11 is 0.921. The summed E-state index contributed by atoms with van der Waals surface area (Å²) < 4.78 is 58.4. The fourth-order valence-electron chi connectivity index (χ4n) is 3.36. The molecule has 11 heteroatoms. The molecule has 176 valence electrons. The molecule has 0 atom stereocenters. The lowest BCUT2D eigenvalue weighted by Crippen LogP contribution is -2.28. The number of halogens is 4. The summed E-state index contributed by atoms with van der Waals surface area (Å²) in [7, 11) is 3.38. The standard InChI is InChI=1S/C23H19F4N5OS/c1-30(11-14-9-29-31(2)12-14)22(33)20-10-28-23(32(20)16-5-3-15(24)4-6-16)34-13-17-18(25)7-8-19(26)21(17)27/h3-10,12H,11,13H2,1-2H3. The first-order chi connectivity index (χ1) is 16.2. The summed E-state index contributed by atoms with van der Waals surface area (Å²) in [6, 6.07) is 6.94. The Morgan fingerprint density at radius 2 is 1.74 bits per heavy atom. The molecule has 0 fully saturated rings. The van der Waals surface area contributed by atoms with Crippen LogP contribution in [0.5, 0.6) is 0 Å². The molecule has 0 unspecified atom stereocenters. The molecule has 4 aromatic rings. The fourth-order valence-corrected chi connectivity index (χ4v) is 4.36. The van der Waals surface area contributed by atoms with Gasteiger partial charge in [0.2, 0.25) is 0 Å². The number of amides is 1. The van der Waals surface area contributed by atoms with E-state index in [1.54, 1.807) is 31.2 Å². The Hall–Kier alpha value is -3.60. The number of aromatic nitrogens is 4. The van der Waals surface area contributed by atoms with Crippen LogP contribution in [0.2, 0.25) is 0 Å². The van der Waals surface area contributed by atoms with E-state index >= 15 is 0 Å². The van der Waals surface area contributed by atoms with Gasteiger partial charge in [0.25, 0.3) is 5.91 Å². The van der Waals surface area contributed by atoms with Crippen LogP contribution < -0.4 is 0 Å². The van der Waals surface area contributed by atoms with Crippen LogP contribution in [-0.4, -0.2) is 37.2 Å². The summed E-state index contributed by atoms with van der Waals surface area (Å²) in [5.41, 5.74) is 0.971. The average molecular weight is 489 g/mol. The lowest BCUT2D eigenvalue weighted by atomic mass is 10.2. The zero-order valence-corrected chi connectivity index (χ0v) is 19.0. The van der Waals surface area contributed by atoms with Crippen LogP contribution >= 0.6 is 11.8 Å². The smallest absolute Gasteiger partial charge is 0.272 e. The van der Waals surface area contributed by atoms with Crippen molar-refractivity contribution in [2.24, 2.45) is 7.05 Å². The van der Waals surface area contributed by atoms with Gasteiger partial charge >= 0.3 is 0 Å². The van der Waals surface area contributed by atoms with Gasteiger partial charge in [-0.05, 0) is 36.4 Å². The van der Waals surface area contributed by atoms with Crippen molar-refractivity contribution in [1.82, 2.24) is 24.2 Å². The van der Waals surface area contributed by atoms with E-state index in [4.69, 9.17) is 0 Å². The molecule has 0 spiro atoms. The van der Waals surface area contributed by atoms with Gasteiger partial charge in [0.15, 0.2) is 16.8 Å². The van der Waals surface area contributed by atoms with E-state index < -0.39 is 28.8 Å². The van der Waals surface area contributed by atoms with Gasteiger partial charge < -0.3 is 4.90 Å². The second-order valence-electron chi connectivity index (χ2n) is 7.53. The molecule has 1 amide bonds. The van der Waals surface area contributed by atoms with Crippen molar-refractivity contribution in [1.29, 1.82) is 0 Å². The van der Waals surface area contributed by atoms with Gasteiger partial charge in [-0.2, -0.15) is 5.10 Å². The van der Waals surface area contributed by atoms with Crippen molar-refractivity contribution in [2.45, 2.75) is 17.5 Å². The Morgan fingerprint density at radius 1 is 1.03 bits per heavy atom. The fraction of sp³-hybridized carbons (Fsp3) is 0.174. The van der Waals surface area contributed by atoms with Crippen LogP contribution in [-0.2, 0) is 19.3 Å². The molecule has 0 aliphatic heterocycles. The number of rotatable bonds is 7. The number of thioether (sulfide) groups is 1. The number of carbonyl (C=O) groups excluding carboxylic acids is 1. The van der Waals surface area contributed by atoms with Crippen molar-refractivity contribution in [3.63, 3.8) is 0 Å². The van der Waals surface area contributed by atoms with E-state index in [0.29, 0.717) is 11.8 Å². The largest absolute Gasteiger partial charge is 0.336 e. The monoisotopic (exact) mass is 489 g/mol. The summed E-state index contributed by atoms with van der Waals surface area (Å²) in [5, 5.41) is 4.32. The predicted molar refractivity (Wildman–Crippen MR) is 118 cm³/mol. The first kappa shape index (κ1) is 23.6. The molecule has 4 rings (SSSR count). The maximum Gasteiger partial charge on any atom is 0.272 e. The minimum Gasteiger partial charge on any atom is -0.336 e. The Balaban J connectivity index is 1.67. The Morgan fingerprint density at radius 3 is 2.41 bits per heavy atom. The first-order valence-electron chi connectivity index (χ1n) is 10.1. The van der Waals surface area contributed by atoms with Crippen LogP contribution in [0.4, 0.5) is 17.6 Å². The first-order valence-corrected chi connectivity index (χ1v) is 11.0. The highest BCUT2D eigenvalue weighted by Gasteiger charge is 2.23. The minimum absolute atomic E-state index is 0.167. The summed E-state index contributed by atoms with van der Waals surface area (Å²) in [5.74, 6) is -4.45. The molecule has 2 aromatic heterocycles. The Bertz CT molecular complexity index is 1340. The number of imidazole rings is 1. The van der Waals surface area contributed by atoms with Gasteiger partial charge in [-0.3, -0.25) is 14.0 Å². The van der Waals surface area contributed by atoms with E-state index in [-0.39, 0.29) is 29.1 Å². The predicted octanol–water partition coefficient (Wildman–Crippen LogP) is 4.73. The number of benzene rings is 2. The molecule has 6 nitrogen and oxygen atoms in total. The molecule has 2 aromatic carbocycles. The van der Waals surface area contributed by atoms with Crippen molar-refractivity contribution in [3.8, 4) is 5.69 Å². The number of nitrogens with zero attached hydrogens (tertiary/aromatic N) is 5. The molecular weight excluding hydrogens is 470 g/mol. The summed E-state index contributed by atoms with van der Waals surface area (Å²) in [4.78, 5) is 19.0. The van der Waals surface area contributed by atoms with Crippen LogP contribution in [0.3, 0.4) is 0 Å². The van der Waals surface area contributed by atoms with Gasteiger partial charge in [-0.1, -0.05) is 11.8 Å². The molecule has 2 heterocycles. The molecule has 0 N–H and O–H groups in total. The van der Waals surface area contributed by atoms with Crippen LogP contribution in [0.1, 0.15) is 21.6 Å². The molecule has 0 radical (unpaired) electrons. The Labute approximate surface area is 196 Å². The molecule has 0 aliphatic carbocycles. The van der Waals surface area contributed by atoms with E-state index in [0.717, 1.165) is 23.4 Å². The third-order valence-corrected chi connectivity index (χ3v) is 6.02. The zero-order valence-electron chi connectivity index (χ0n) is 18.2. The second-order valence-corrected chi connectivity index (χ2v) is 8.47. The van der Waals surface area contributed by atoms with Crippen molar-refractivity contribution in [2.75, 3.05) is 7.05 Å². The number of carbonyl (C=O) groups is 1. The molecule has 0 saturated heterocycles. The van der Waals surface area contributed by atoms with Gasteiger partial charge in [0, 0.05) is 49.4 Å². The van der Waals surface area contributed by atoms with Crippen molar-refractivity contribution in [3.05, 3.63) is 95.1 Å². The van der Waals surface area contributed by atoms with Gasteiger partial charge in [0.1, 0.15) is 17.3 Å². The summed E-state index contributed by atoms with van der Waals surface area (Å²) in [6.07, 6.45) is 4.76. The molecule has 34 heavy (non-hydrogen) atoms. The van der Waals surface area contributed by atoms with Gasteiger partial charge in [-0.25, -0.2) is 22.5 Å². The van der Waals surface area contributed by atoms with E-state index in [2.05, 4.69) is 10.1 Å². The number of aryl methyl sites for hydroxylation is 1. The zero-order chi connectivity index (χ0) is 24.4. The van der Waals surface area contributed by atoms with Crippen LogP contribution in [0, 0.1) is 23.3 Å². The van der Waals surface area contributed by atoms with Crippen LogP contribution in [0.15, 0.2) is 60.1 Å². The van der Waals surface area contributed by atoms with E-state index in [1.807, 2.05) is 0 Å². The average Bonchev–Trinajstić information content (AvgIpc) is 3.42. The van der Waals surface area contributed by atoms with E-state index in [9.17, 15) is 22.4 Å². The topological polar surface area (TPSA) is 56.0 Å². The third kappa shape index (κ3) is 4.84. The molecular formula is C23H19F4N5OS. The molecule has 0 bridgehead atoms. The minimum atomic E-state index is -1.28. The lowest BCUT2D eigenvalue weighted by molar-refractivity contribution is 0.0776. The maximum atomic E-state index is 14.1. The normalized spacial score (nSPS) is 11.1. The second kappa shape index (κ2) is 9.72. The highest BCUT2D eigenvalue weighted by molar-refractivity contribution is 7.98. The van der Waals surface area contributed by atoms with Crippen molar-refractivity contribution < 1.29 is 22.4 Å². The number of hydrogen-bond acceptors (Lipinski definition) is 4. The third-order valence-electron chi connectivity index (χ3n) is 5.04. The summed E-state index contributed by atoms with van der Waals surface area (Å²) in [6.45, 7) is 0.281. The van der Waals surface area contributed by atoms with Crippen molar-refractivity contribution >= 4 is 17.7 Å². The quantitative estimate of drug-likeness (QED) is 0.214. The van der Waals surface area contributed by atoms with Crippen LogP contribution in [0.25, 0.3) is 5.69 Å². The highest BCUT2D eigenvalue weighted by atomic mass is 32.2. The molecule has 0 aliphatic rings.